The molecule has 1 N–H and O–H groups in total. The maximum Gasteiger partial charge on any atom is 0.293 e. The Kier molecular flexibility index (Phi) is 6.36. The number of aliphatic hydroxyl groups excluding tert-OH is 1. The zero-order valence-electron chi connectivity index (χ0n) is 16.9. The molecule has 0 aromatic heterocycles. The molecule has 7 heteroatoms. The van der Waals surface area contributed by atoms with E-state index in [2.05, 4.69) is 22.6 Å². The van der Waals surface area contributed by atoms with Gasteiger partial charge < -0.3 is 5.11 Å². The smallest absolute Gasteiger partial charge is 0.293 e. The van der Waals surface area contributed by atoms with Gasteiger partial charge in [-0.1, -0.05) is 54.6 Å². The Hall–Kier alpha value is -3.46. The first kappa shape index (κ1) is 21.8. The number of hydrogen-bond donors (Lipinski definition) is 1. The van der Waals surface area contributed by atoms with E-state index in [1.54, 1.807) is 30.3 Å². The van der Waals surface area contributed by atoms with Crippen LogP contribution >= 0.6 is 22.6 Å². The second-order valence-electron chi connectivity index (χ2n) is 7.26. The van der Waals surface area contributed by atoms with Crippen LogP contribution in [0.4, 0.5) is 11.4 Å². The number of amides is 1. The van der Waals surface area contributed by atoms with Gasteiger partial charge in [0, 0.05) is 20.9 Å². The molecule has 0 bridgehead atoms. The van der Waals surface area contributed by atoms with Crippen LogP contribution in [0.5, 0.6) is 0 Å². The summed E-state index contributed by atoms with van der Waals surface area (Å²) in [4.78, 5) is 25.8. The minimum absolute atomic E-state index is 0.0972. The lowest BCUT2D eigenvalue weighted by Gasteiger charge is -2.27. The predicted molar refractivity (Wildman–Crippen MR) is 132 cm³/mol. The molecule has 1 amide bonds. The number of rotatable bonds is 6. The fraction of sp³-hybridized carbons (Fsp3) is 0.0800. The number of carbonyl (C=O) groups is 1. The Morgan fingerprint density at radius 3 is 2.34 bits per heavy atom. The van der Waals surface area contributed by atoms with E-state index in [0.29, 0.717) is 16.8 Å². The van der Waals surface area contributed by atoms with Crippen molar-refractivity contribution in [2.24, 2.45) is 0 Å². The molecular weight excluding hydrogens is 519 g/mol. The van der Waals surface area contributed by atoms with Crippen molar-refractivity contribution >= 4 is 45.9 Å². The van der Waals surface area contributed by atoms with E-state index >= 15 is 0 Å². The number of carbonyl (C=O) groups excluding carboxylic acids is 1. The van der Waals surface area contributed by atoms with Gasteiger partial charge in [0.2, 0.25) is 0 Å². The summed E-state index contributed by atoms with van der Waals surface area (Å²) >= 11 is 2.17. The fourth-order valence-corrected chi connectivity index (χ4v) is 4.19. The molecule has 1 aliphatic heterocycles. The molecule has 32 heavy (non-hydrogen) atoms. The molecule has 3 aromatic carbocycles. The van der Waals surface area contributed by atoms with Crippen LogP contribution < -0.4 is 4.90 Å². The number of nitro groups is 1. The second-order valence-corrected chi connectivity index (χ2v) is 8.51. The number of hydrogen-bond acceptors (Lipinski definition) is 4. The number of para-hydroxylation sites is 1. The van der Waals surface area contributed by atoms with Gasteiger partial charge in [-0.15, -0.1) is 0 Å². The van der Waals surface area contributed by atoms with E-state index in [9.17, 15) is 20.0 Å². The largest absolute Gasteiger partial charge is 0.503 e. The number of nitrogens with zero attached hydrogens (tertiary/aromatic N) is 2. The molecule has 0 saturated heterocycles. The summed E-state index contributed by atoms with van der Waals surface area (Å²) in [6, 6.07) is 22.5. The van der Waals surface area contributed by atoms with Crippen LogP contribution in [0.15, 0.2) is 96.3 Å². The van der Waals surface area contributed by atoms with E-state index in [4.69, 9.17) is 0 Å². The third-order valence-corrected chi connectivity index (χ3v) is 6.01. The summed E-state index contributed by atoms with van der Waals surface area (Å²) in [6.45, 7) is 0. The van der Waals surface area contributed by atoms with Crippen molar-refractivity contribution in [3.63, 3.8) is 0 Å². The van der Waals surface area contributed by atoms with E-state index in [1.807, 2.05) is 54.6 Å². The van der Waals surface area contributed by atoms with Gasteiger partial charge in [-0.2, -0.15) is 0 Å². The first-order valence-corrected chi connectivity index (χ1v) is 11.0. The van der Waals surface area contributed by atoms with Crippen LogP contribution in [0.2, 0.25) is 0 Å². The minimum Gasteiger partial charge on any atom is -0.503 e. The average Bonchev–Trinajstić information content (AvgIpc) is 3.05. The van der Waals surface area contributed by atoms with Crippen LogP contribution in [-0.4, -0.2) is 15.9 Å². The standard InChI is InChI=1S/C25H19IN2O4/c26-18-13-15-19(16-14-18)27-23(20-10-4-5-12-22(20)28(31)32)21(24(29)25(27)30)11-6-9-17-7-2-1-3-8-17/h1-10,12-16,23,29H,11H2/b9-6+. The fourth-order valence-electron chi connectivity index (χ4n) is 3.83. The molecule has 160 valence electrons. The van der Waals surface area contributed by atoms with Crippen molar-refractivity contribution in [1.29, 1.82) is 0 Å². The van der Waals surface area contributed by atoms with E-state index < -0.39 is 16.9 Å². The van der Waals surface area contributed by atoms with Gasteiger partial charge in [0.15, 0.2) is 5.76 Å². The first-order valence-electron chi connectivity index (χ1n) is 9.93. The predicted octanol–water partition coefficient (Wildman–Crippen LogP) is 6.20. The van der Waals surface area contributed by atoms with Crippen LogP contribution in [-0.2, 0) is 4.79 Å². The average molecular weight is 538 g/mol. The number of benzene rings is 3. The molecular formula is C25H19IN2O4. The number of anilines is 1. The highest BCUT2D eigenvalue weighted by molar-refractivity contribution is 14.1. The lowest BCUT2D eigenvalue weighted by Crippen LogP contribution is -2.30. The number of allylic oxidation sites excluding steroid dienone is 1. The Labute approximate surface area is 198 Å². The molecule has 0 saturated carbocycles. The maximum absolute atomic E-state index is 13.1. The van der Waals surface area contributed by atoms with Gasteiger partial charge >= 0.3 is 0 Å². The number of nitro benzene ring substituents is 1. The van der Waals surface area contributed by atoms with E-state index in [-0.39, 0.29) is 17.9 Å². The summed E-state index contributed by atoms with van der Waals surface area (Å²) in [6.07, 6.45) is 4.02. The Morgan fingerprint density at radius 2 is 1.66 bits per heavy atom. The van der Waals surface area contributed by atoms with Crippen LogP contribution in [0, 0.1) is 13.7 Å². The molecule has 0 spiro atoms. The quantitative estimate of drug-likeness (QED) is 0.230. The molecule has 0 fully saturated rings. The van der Waals surface area contributed by atoms with Crippen molar-refractivity contribution in [3.8, 4) is 0 Å². The third kappa shape index (κ3) is 4.29. The summed E-state index contributed by atoms with van der Waals surface area (Å²) in [7, 11) is 0. The highest BCUT2D eigenvalue weighted by Crippen LogP contribution is 2.44. The first-order chi connectivity index (χ1) is 15.5. The van der Waals surface area contributed by atoms with E-state index in [0.717, 1.165) is 9.13 Å². The van der Waals surface area contributed by atoms with Crippen molar-refractivity contribution in [1.82, 2.24) is 0 Å². The maximum atomic E-state index is 13.1. The second kappa shape index (κ2) is 9.35. The SMILES string of the molecule is O=C1C(O)=C(C/C=C/c2ccccc2)C(c2ccccc2[N+](=O)[O-])N1c1ccc(I)cc1. The van der Waals surface area contributed by atoms with Crippen LogP contribution in [0.1, 0.15) is 23.6 Å². The summed E-state index contributed by atoms with van der Waals surface area (Å²) < 4.78 is 0.989. The molecule has 1 aliphatic rings. The highest BCUT2D eigenvalue weighted by Gasteiger charge is 2.43. The minimum atomic E-state index is -0.787. The van der Waals surface area contributed by atoms with Crippen molar-refractivity contribution in [2.75, 3.05) is 4.90 Å². The summed E-state index contributed by atoms with van der Waals surface area (Å²) in [5.41, 5.74) is 2.23. The normalized spacial score (nSPS) is 16.2. The van der Waals surface area contributed by atoms with Gasteiger partial charge in [0.1, 0.15) is 0 Å². The number of aliphatic hydroxyl groups is 1. The van der Waals surface area contributed by atoms with Gasteiger partial charge in [-0.25, -0.2) is 0 Å². The van der Waals surface area contributed by atoms with Gasteiger partial charge in [0.05, 0.1) is 16.5 Å². The third-order valence-electron chi connectivity index (χ3n) is 5.29. The zero-order valence-corrected chi connectivity index (χ0v) is 19.0. The lowest BCUT2D eigenvalue weighted by molar-refractivity contribution is -0.385. The van der Waals surface area contributed by atoms with Crippen LogP contribution in [0.3, 0.4) is 0 Å². The molecule has 1 unspecified atom stereocenters. The highest BCUT2D eigenvalue weighted by atomic mass is 127. The van der Waals surface area contributed by atoms with Crippen LogP contribution in [0.25, 0.3) is 6.08 Å². The Morgan fingerprint density at radius 1 is 1.00 bits per heavy atom. The molecule has 3 aromatic rings. The Bertz CT molecular complexity index is 1220. The van der Waals surface area contributed by atoms with Crippen molar-refractivity contribution in [3.05, 3.63) is 121 Å². The summed E-state index contributed by atoms with van der Waals surface area (Å²) in [5, 5.41) is 22.5. The van der Waals surface area contributed by atoms with Crippen molar-refractivity contribution in [2.45, 2.75) is 12.5 Å². The monoisotopic (exact) mass is 538 g/mol. The molecule has 0 aliphatic carbocycles. The topological polar surface area (TPSA) is 83.7 Å². The molecule has 0 radical (unpaired) electrons. The molecule has 1 heterocycles. The van der Waals surface area contributed by atoms with E-state index in [1.165, 1.54) is 11.0 Å². The van der Waals surface area contributed by atoms with Gasteiger partial charge in [-0.3, -0.25) is 19.8 Å². The van der Waals surface area contributed by atoms with Crippen molar-refractivity contribution < 1.29 is 14.8 Å². The molecule has 1 atom stereocenters. The van der Waals surface area contributed by atoms with Gasteiger partial charge in [-0.05, 0) is 64.9 Å². The zero-order chi connectivity index (χ0) is 22.7. The Balaban J connectivity index is 1.79. The lowest BCUT2D eigenvalue weighted by atomic mass is 9.95. The summed E-state index contributed by atoms with van der Waals surface area (Å²) in [5.74, 6) is -0.943. The van der Waals surface area contributed by atoms with Gasteiger partial charge in [0.25, 0.3) is 11.6 Å². The molecule has 6 nitrogen and oxygen atoms in total. The number of halogens is 1. The molecule has 4 rings (SSSR count).